The molecule has 0 saturated heterocycles. The fourth-order valence-corrected chi connectivity index (χ4v) is 2.59. The Balaban J connectivity index is 2.15. The van der Waals surface area contributed by atoms with Gasteiger partial charge in [-0.05, 0) is 64.7 Å². The van der Waals surface area contributed by atoms with Gasteiger partial charge >= 0.3 is 0 Å². The highest BCUT2D eigenvalue weighted by molar-refractivity contribution is 9.10. The van der Waals surface area contributed by atoms with Crippen LogP contribution in [0.2, 0.25) is 0 Å². The molecular formula is C16H15BrN2O. The maximum absolute atomic E-state index is 9.76. The van der Waals surface area contributed by atoms with E-state index in [4.69, 9.17) is 5.26 Å². The lowest BCUT2D eigenvalue weighted by Crippen LogP contribution is -2.01. The third-order valence-electron chi connectivity index (χ3n) is 3.13. The van der Waals surface area contributed by atoms with E-state index in [9.17, 15) is 5.11 Å². The summed E-state index contributed by atoms with van der Waals surface area (Å²) in [4.78, 5) is 0. The quantitative estimate of drug-likeness (QED) is 0.884. The van der Waals surface area contributed by atoms with Crippen molar-refractivity contribution in [2.75, 3.05) is 5.32 Å². The molecule has 4 heteroatoms. The first-order valence-electron chi connectivity index (χ1n) is 6.24. The van der Waals surface area contributed by atoms with Gasteiger partial charge in [-0.25, -0.2) is 0 Å². The van der Waals surface area contributed by atoms with Crippen LogP contribution >= 0.6 is 15.9 Å². The fraction of sp³-hybridized carbons (Fsp3) is 0.188. The van der Waals surface area contributed by atoms with E-state index in [0.717, 1.165) is 26.9 Å². The number of aromatic hydroxyl groups is 1. The monoisotopic (exact) mass is 330 g/mol. The maximum atomic E-state index is 9.76. The molecule has 0 heterocycles. The van der Waals surface area contributed by atoms with Gasteiger partial charge in [0.1, 0.15) is 5.75 Å². The number of hydrogen-bond donors (Lipinski definition) is 2. The standard InChI is InChI=1S/C16H15BrN2O/c1-10-5-13(6-11(2)16(10)20)9-19-15-4-3-12(8-18)7-14(15)17/h3-7,19-20H,9H2,1-2H3. The van der Waals surface area contributed by atoms with E-state index in [2.05, 4.69) is 27.3 Å². The number of nitrogens with zero attached hydrogens (tertiary/aromatic N) is 1. The van der Waals surface area contributed by atoms with Gasteiger partial charge in [0.2, 0.25) is 0 Å². The second kappa shape index (κ2) is 5.98. The summed E-state index contributed by atoms with van der Waals surface area (Å²) < 4.78 is 0.865. The molecular weight excluding hydrogens is 316 g/mol. The van der Waals surface area contributed by atoms with E-state index in [-0.39, 0.29) is 0 Å². The number of hydrogen-bond acceptors (Lipinski definition) is 3. The third-order valence-corrected chi connectivity index (χ3v) is 3.79. The summed E-state index contributed by atoms with van der Waals surface area (Å²) in [7, 11) is 0. The number of benzene rings is 2. The lowest BCUT2D eigenvalue weighted by atomic mass is 10.1. The highest BCUT2D eigenvalue weighted by atomic mass is 79.9. The van der Waals surface area contributed by atoms with Crippen LogP contribution < -0.4 is 5.32 Å². The molecule has 0 aliphatic rings. The normalized spacial score (nSPS) is 10.1. The molecule has 3 nitrogen and oxygen atoms in total. The predicted molar refractivity (Wildman–Crippen MR) is 83.8 cm³/mol. The Morgan fingerprint density at radius 3 is 2.40 bits per heavy atom. The Hall–Kier alpha value is -1.99. The summed E-state index contributed by atoms with van der Waals surface area (Å²) in [6, 6.07) is 11.5. The number of anilines is 1. The van der Waals surface area contributed by atoms with Gasteiger partial charge in [-0.2, -0.15) is 5.26 Å². The predicted octanol–water partition coefficient (Wildman–Crippen LogP) is 4.26. The average Bonchev–Trinajstić information content (AvgIpc) is 2.43. The second-order valence-corrected chi connectivity index (χ2v) is 5.59. The highest BCUT2D eigenvalue weighted by Gasteiger charge is 2.05. The number of aryl methyl sites for hydroxylation is 2. The van der Waals surface area contributed by atoms with Crippen LogP contribution in [0.3, 0.4) is 0 Å². The Morgan fingerprint density at radius 2 is 1.85 bits per heavy atom. The van der Waals surface area contributed by atoms with Crippen molar-refractivity contribution >= 4 is 21.6 Å². The van der Waals surface area contributed by atoms with Crippen molar-refractivity contribution in [3.05, 3.63) is 57.1 Å². The first-order chi connectivity index (χ1) is 9.51. The van der Waals surface area contributed by atoms with E-state index < -0.39 is 0 Å². The van der Waals surface area contributed by atoms with E-state index in [1.54, 1.807) is 12.1 Å². The molecule has 2 aromatic carbocycles. The van der Waals surface area contributed by atoms with E-state index >= 15 is 0 Å². The molecule has 0 spiro atoms. The lowest BCUT2D eigenvalue weighted by Gasteiger charge is -2.11. The van der Waals surface area contributed by atoms with Gasteiger partial charge in [-0.15, -0.1) is 0 Å². The molecule has 102 valence electrons. The zero-order valence-electron chi connectivity index (χ0n) is 11.4. The molecule has 2 aromatic rings. The summed E-state index contributed by atoms with van der Waals surface area (Å²) in [5.41, 5.74) is 4.42. The van der Waals surface area contributed by atoms with Crippen LogP contribution in [-0.4, -0.2) is 5.11 Å². The van der Waals surface area contributed by atoms with Gasteiger partial charge in [-0.3, -0.25) is 0 Å². The largest absolute Gasteiger partial charge is 0.507 e. The number of phenols is 1. The van der Waals surface area contributed by atoms with E-state index in [1.165, 1.54) is 0 Å². The Kier molecular flexibility index (Phi) is 4.31. The van der Waals surface area contributed by atoms with Crippen molar-refractivity contribution in [2.45, 2.75) is 20.4 Å². The van der Waals surface area contributed by atoms with Gasteiger partial charge in [0.25, 0.3) is 0 Å². The Labute approximate surface area is 127 Å². The molecule has 2 rings (SSSR count). The van der Waals surface area contributed by atoms with Crippen LogP contribution in [0.1, 0.15) is 22.3 Å². The van der Waals surface area contributed by atoms with Gasteiger partial charge < -0.3 is 10.4 Å². The topological polar surface area (TPSA) is 56.0 Å². The Morgan fingerprint density at radius 1 is 1.20 bits per heavy atom. The summed E-state index contributed by atoms with van der Waals surface area (Å²) in [6.07, 6.45) is 0. The first-order valence-corrected chi connectivity index (χ1v) is 7.03. The van der Waals surface area contributed by atoms with Crippen molar-refractivity contribution < 1.29 is 5.11 Å². The molecule has 0 unspecified atom stereocenters. The third kappa shape index (κ3) is 3.12. The van der Waals surface area contributed by atoms with E-state index in [0.29, 0.717) is 17.9 Å². The molecule has 0 atom stereocenters. The van der Waals surface area contributed by atoms with Crippen molar-refractivity contribution in [2.24, 2.45) is 0 Å². The smallest absolute Gasteiger partial charge is 0.121 e. The second-order valence-electron chi connectivity index (χ2n) is 4.74. The molecule has 0 fully saturated rings. The molecule has 2 N–H and O–H groups in total. The van der Waals surface area contributed by atoms with Gasteiger partial charge in [0.05, 0.1) is 11.6 Å². The van der Waals surface area contributed by atoms with Crippen LogP contribution in [0.25, 0.3) is 0 Å². The molecule has 0 amide bonds. The van der Waals surface area contributed by atoms with Crippen molar-refractivity contribution in [3.8, 4) is 11.8 Å². The molecule has 0 aliphatic heterocycles. The summed E-state index contributed by atoms with van der Waals surface area (Å²) in [5.74, 6) is 0.355. The molecule has 0 bridgehead atoms. The Bertz CT molecular complexity index is 666. The van der Waals surface area contributed by atoms with Crippen molar-refractivity contribution in [1.82, 2.24) is 0 Å². The first kappa shape index (κ1) is 14.4. The summed E-state index contributed by atoms with van der Waals surface area (Å²) in [5, 5.41) is 21.9. The fourth-order valence-electron chi connectivity index (χ4n) is 2.07. The number of nitrogens with one attached hydrogen (secondary N) is 1. The number of halogens is 1. The number of nitriles is 1. The van der Waals surface area contributed by atoms with Crippen LogP contribution in [-0.2, 0) is 6.54 Å². The lowest BCUT2D eigenvalue weighted by molar-refractivity contribution is 0.466. The average molecular weight is 331 g/mol. The minimum Gasteiger partial charge on any atom is -0.507 e. The van der Waals surface area contributed by atoms with Crippen LogP contribution in [0.15, 0.2) is 34.8 Å². The summed E-state index contributed by atoms with van der Waals surface area (Å²) >= 11 is 3.45. The van der Waals surface area contributed by atoms with Crippen LogP contribution in [0.5, 0.6) is 5.75 Å². The van der Waals surface area contributed by atoms with Gasteiger partial charge in [0.15, 0.2) is 0 Å². The van der Waals surface area contributed by atoms with Gasteiger partial charge in [-0.1, -0.05) is 12.1 Å². The van der Waals surface area contributed by atoms with Crippen molar-refractivity contribution in [1.29, 1.82) is 5.26 Å². The van der Waals surface area contributed by atoms with E-state index in [1.807, 2.05) is 32.0 Å². The minimum atomic E-state index is 0.355. The zero-order chi connectivity index (χ0) is 14.7. The molecule has 0 aromatic heterocycles. The molecule has 20 heavy (non-hydrogen) atoms. The summed E-state index contributed by atoms with van der Waals surface area (Å²) in [6.45, 7) is 4.44. The van der Waals surface area contributed by atoms with Crippen LogP contribution in [0.4, 0.5) is 5.69 Å². The number of rotatable bonds is 3. The zero-order valence-corrected chi connectivity index (χ0v) is 13.0. The number of phenolic OH excluding ortho intramolecular Hbond substituents is 1. The molecule has 0 radical (unpaired) electrons. The van der Waals surface area contributed by atoms with Gasteiger partial charge in [0, 0.05) is 16.7 Å². The highest BCUT2D eigenvalue weighted by Crippen LogP contribution is 2.26. The van der Waals surface area contributed by atoms with Crippen molar-refractivity contribution in [3.63, 3.8) is 0 Å². The SMILES string of the molecule is Cc1cc(CNc2ccc(C#N)cc2Br)cc(C)c1O. The maximum Gasteiger partial charge on any atom is 0.121 e. The molecule has 0 saturated carbocycles. The molecule has 0 aliphatic carbocycles. The minimum absolute atomic E-state index is 0.355. The van der Waals surface area contributed by atoms with Crippen LogP contribution in [0, 0.1) is 25.2 Å².